The minimum absolute atomic E-state index is 0.0396. The average Bonchev–Trinajstić information content (AvgIpc) is 2.58. The van der Waals surface area contributed by atoms with Gasteiger partial charge in [0.15, 0.2) is 18.1 Å². The lowest BCUT2D eigenvalue weighted by Crippen LogP contribution is -2.48. The van der Waals surface area contributed by atoms with E-state index in [0.717, 1.165) is 19.3 Å². The van der Waals surface area contributed by atoms with Crippen LogP contribution in [0.25, 0.3) is 0 Å². The van der Waals surface area contributed by atoms with Crippen molar-refractivity contribution in [2.45, 2.75) is 45.2 Å². The third-order valence-electron chi connectivity index (χ3n) is 4.40. The molecule has 7 heteroatoms. The van der Waals surface area contributed by atoms with E-state index in [4.69, 9.17) is 25.9 Å². The molecule has 1 heterocycles. The maximum absolute atomic E-state index is 12.3. The molecule has 2 atom stereocenters. The van der Waals surface area contributed by atoms with E-state index in [0.29, 0.717) is 22.1 Å². The number of piperidine rings is 1. The van der Waals surface area contributed by atoms with Crippen molar-refractivity contribution in [2.75, 3.05) is 20.8 Å². The molecule has 1 aliphatic rings. The highest BCUT2D eigenvalue weighted by molar-refractivity contribution is 6.32. The molecule has 6 nitrogen and oxygen atoms in total. The fourth-order valence-corrected chi connectivity index (χ4v) is 3.49. The second kappa shape index (κ2) is 8.94. The summed E-state index contributed by atoms with van der Waals surface area (Å²) in [6.45, 7) is 4.07. The van der Waals surface area contributed by atoms with E-state index in [2.05, 4.69) is 19.0 Å². The van der Waals surface area contributed by atoms with Crippen molar-refractivity contribution >= 4 is 23.7 Å². The molecule has 1 aromatic rings. The Hall–Kier alpha value is -1.95. The molecule has 1 saturated heterocycles. The largest absolute Gasteiger partial charge is 0.493 e. The zero-order chi connectivity index (χ0) is 18.4. The van der Waals surface area contributed by atoms with Crippen LogP contribution >= 0.6 is 11.6 Å². The van der Waals surface area contributed by atoms with Gasteiger partial charge in [-0.25, -0.2) is 0 Å². The van der Waals surface area contributed by atoms with Crippen molar-refractivity contribution in [1.29, 1.82) is 0 Å². The number of halogens is 1. The molecule has 1 aromatic carbocycles. The average molecular weight is 369 g/mol. The summed E-state index contributed by atoms with van der Waals surface area (Å²) in [5.74, 6) is 0.927. The number of carbonyl (C=O) groups is 1. The number of amides is 1. The lowest BCUT2D eigenvalue weighted by molar-refractivity contribution is -0.142. The van der Waals surface area contributed by atoms with E-state index in [1.54, 1.807) is 12.1 Å². The quantitative estimate of drug-likeness (QED) is 0.569. The molecule has 0 aliphatic carbocycles. The highest BCUT2D eigenvalue weighted by Gasteiger charge is 2.28. The van der Waals surface area contributed by atoms with Crippen LogP contribution in [-0.4, -0.2) is 49.9 Å². The zero-order valence-corrected chi connectivity index (χ0v) is 15.9. The SMILES string of the molecule is COc1cc(/C=N\OCC(=O)N2[C@@H](C)CCC[C@@H]2C)cc(Cl)c1OC. The highest BCUT2D eigenvalue weighted by atomic mass is 35.5. The van der Waals surface area contributed by atoms with Gasteiger partial charge in [0.05, 0.1) is 25.5 Å². The first-order chi connectivity index (χ1) is 12.0. The summed E-state index contributed by atoms with van der Waals surface area (Å²) in [5, 5.41) is 4.28. The van der Waals surface area contributed by atoms with E-state index in [9.17, 15) is 4.79 Å². The number of nitrogens with zero attached hydrogens (tertiary/aromatic N) is 2. The van der Waals surface area contributed by atoms with E-state index in [1.807, 2.05) is 4.90 Å². The Morgan fingerprint density at radius 3 is 2.56 bits per heavy atom. The van der Waals surface area contributed by atoms with Gasteiger partial charge in [0.1, 0.15) is 0 Å². The van der Waals surface area contributed by atoms with Gasteiger partial charge in [0.25, 0.3) is 5.91 Å². The Bertz CT molecular complexity index is 626. The van der Waals surface area contributed by atoms with E-state index in [-0.39, 0.29) is 24.6 Å². The fraction of sp³-hybridized carbons (Fsp3) is 0.556. The van der Waals surface area contributed by atoms with Crippen molar-refractivity contribution in [3.8, 4) is 11.5 Å². The number of hydrogen-bond acceptors (Lipinski definition) is 5. The van der Waals surface area contributed by atoms with Crippen LogP contribution in [0, 0.1) is 0 Å². The van der Waals surface area contributed by atoms with Gasteiger partial charge in [-0.2, -0.15) is 0 Å². The van der Waals surface area contributed by atoms with Crippen LogP contribution in [0.2, 0.25) is 5.02 Å². The van der Waals surface area contributed by atoms with Crippen LogP contribution in [0.4, 0.5) is 0 Å². The predicted octanol–water partition coefficient (Wildman–Crippen LogP) is 3.50. The van der Waals surface area contributed by atoms with Gasteiger partial charge in [-0.05, 0) is 45.2 Å². The smallest absolute Gasteiger partial charge is 0.263 e. The monoisotopic (exact) mass is 368 g/mol. The number of oxime groups is 1. The van der Waals surface area contributed by atoms with Crippen LogP contribution in [0.15, 0.2) is 17.3 Å². The first kappa shape index (κ1) is 19.4. The van der Waals surface area contributed by atoms with Gasteiger partial charge in [0, 0.05) is 17.6 Å². The van der Waals surface area contributed by atoms with Crippen molar-refractivity contribution in [2.24, 2.45) is 5.16 Å². The number of methoxy groups -OCH3 is 2. The molecule has 0 aromatic heterocycles. The number of hydrogen-bond donors (Lipinski definition) is 0. The van der Waals surface area contributed by atoms with Gasteiger partial charge in [-0.15, -0.1) is 0 Å². The van der Waals surface area contributed by atoms with Gasteiger partial charge < -0.3 is 19.2 Å². The van der Waals surface area contributed by atoms with Crippen molar-refractivity contribution in [3.63, 3.8) is 0 Å². The van der Waals surface area contributed by atoms with E-state index in [1.165, 1.54) is 20.4 Å². The molecule has 0 spiro atoms. The fourth-order valence-electron chi connectivity index (χ4n) is 3.19. The van der Waals surface area contributed by atoms with E-state index >= 15 is 0 Å². The molecule has 25 heavy (non-hydrogen) atoms. The Morgan fingerprint density at radius 2 is 1.96 bits per heavy atom. The molecule has 1 aliphatic heterocycles. The molecule has 0 saturated carbocycles. The van der Waals surface area contributed by atoms with Crippen molar-refractivity contribution in [3.05, 3.63) is 22.7 Å². The van der Waals surface area contributed by atoms with Crippen molar-refractivity contribution in [1.82, 2.24) is 4.90 Å². The Balaban J connectivity index is 1.95. The zero-order valence-electron chi connectivity index (χ0n) is 15.1. The Morgan fingerprint density at radius 1 is 1.28 bits per heavy atom. The lowest BCUT2D eigenvalue weighted by atomic mass is 9.97. The third-order valence-corrected chi connectivity index (χ3v) is 4.68. The molecule has 0 unspecified atom stereocenters. The van der Waals surface area contributed by atoms with Crippen molar-refractivity contribution < 1.29 is 19.1 Å². The molecule has 2 rings (SSSR count). The summed E-state index contributed by atoms with van der Waals surface area (Å²) in [7, 11) is 3.06. The van der Waals surface area contributed by atoms with Crippen LogP contribution < -0.4 is 9.47 Å². The maximum atomic E-state index is 12.3. The van der Waals surface area contributed by atoms with E-state index < -0.39 is 0 Å². The maximum Gasteiger partial charge on any atom is 0.263 e. The number of rotatable bonds is 6. The minimum Gasteiger partial charge on any atom is -0.493 e. The number of ether oxygens (including phenoxy) is 2. The summed E-state index contributed by atoms with van der Waals surface area (Å²) in [4.78, 5) is 19.4. The number of benzene rings is 1. The molecule has 0 N–H and O–H groups in total. The lowest BCUT2D eigenvalue weighted by Gasteiger charge is -2.38. The van der Waals surface area contributed by atoms with Crippen LogP contribution in [0.1, 0.15) is 38.7 Å². The second-order valence-corrected chi connectivity index (χ2v) is 6.58. The third kappa shape index (κ3) is 4.78. The van der Waals surface area contributed by atoms with Crippen LogP contribution in [0.5, 0.6) is 11.5 Å². The topological polar surface area (TPSA) is 60.4 Å². The molecule has 0 radical (unpaired) electrons. The molecule has 1 fully saturated rings. The molecular formula is C18H25ClN2O4. The molecule has 0 bridgehead atoms. The summed E-state index contributed by atoms with van der Waals surface area (Å²) < 4.78 is 10.4. The first-order valence-electron chi connectivity index (χ1n) is 8.36. The standard InChI is InChI=1S/C18H25ClN2O4/c1-12-6-5-7-13(2)21(12)17(22)11-25-20-10-14-8-15(19)18(24-4)16(9-14)23-3/h8-10,12-13H,5-7,11H2,1-4H3/b20-10-/t12-,13-/m0/s1. The van der Waals surface area contributed by atoms with Gasteiger partial charge >= 0.3 is 0 Å². The predicted molar refractivity (Wildman–Crippen MR) is 97.7 cm³/mol. The minimum atomic E-state index is -0.0772. The van der Waals surface area contributed by atoms with Gasteiger partial charge in [-0.1, -0.05) is 16.8 Å². The highest BCUT2D eigenvalue weighted by Crippen LogP contribution is 2.35. The Kier molecular flexibility index (Phi) is 6.93. The van der Waals surface area contributed by atoms with Gasteiger partial charge in [-0.3, -0.25) is 4.79 Å². The summed E-state index contributed by atoms with van der Waals surface area (Å²) >= 11 is 6.14. The number of likely N-dealkylation sites (tertiary alicyclic amines) is 1. The molecular weight excluding hydrogens is 344 g/mol. The van der Waals surface area contributed by atoms with Crippen LogP contribution in [-0.2, 0) is 9.63 Å². The number of carbonyl (C=O) groups excluding carboxylic acids is 1. The summed E-state index contributed by atoms with van der Waals surface area (Å²) in [5.41, 5.74) is 0.690. The Labute approximate surface area is 153 Å². The molecule has 138 valence electrons. The second-order valence-electron chi connectivity index (χ2n) is 6.18. The normalized spacial score (nSPS) is 20.6. The van der Waals surface area contributed by atoms with Crippen LogP contribution in [0.3, 0.4) is 0 Å². The summed E-state index contributed by atoms with van der Waals surface area (Å²) in [6, 6.07) is 3.91. The van der Waals surface area contributed by atoms with Gasteiger partial charge in [0.2, 0.25) is 0 Å². The molecule has 1 amide bonds. The summed E-state index contributed by atoms with van der Waals surface area (Å²) in [6.07, 6.45) is 4.71. The first-order valence-corrected chi connectivity index (χ1v) is 8.73.